The third-order valence-corrected chi connectivity index (χ3v) is 2.85. The van der Waals surface area contributed by atoms with E-state index in [4.69, 9.17) is 5.26 Å². The lowest BCUT2D eigenvalue weighted by atomic mass is 10.1. The molecule has 0 bridgehead atoms. The van der Waals surface area contributed by atoms with E-state index in [1.807, 2.05) is 6.20 Å². The van der Waals surface area contributed by atoms with Crippen LogP contribution in [0.4, 0.5) is 0 Å². The third-order valence-electron chi connectivity index (χ3n) is 1.99. The molecule has 1 aliphatic rings. The van der Waals surface area contributed by atoms with E-state index in [1.165, 1.54) is 12.8 Å². The minimum atomic E-state index is 0.127. The quantitative estimate of drug-likeness (QED) is 0.671. The summed E-state index contributed by atoms with van der Waals surface area (Å²) >= 11 is 1.59. The summed E-state index contributed by atoms with van der Waals surface area (Å²) < 4.78 is 0. The van der Waals surface area contributed by atoms with Crippen LogP contribution in [0.1, 0.15) is 23.6 Å². The van der Waals surface area contributed by atoms with E-state index in [1.54, 1.807) is 16.8 Å². The highest BCUT2D eigenvalue weighted by atomic mass is 32.1. The first-order chi connectivity index (χ1) is 5.42. The molecule has 3 heteroatoms. The fourth-order valence-corrected chi connectivity index (χ4v) is 1.97. The predicted molar refractivity (Wildman–Crippen MR) is 43.2 cm³/mol. The predicted octanol–water partition coefficient (Wildman–Crippen LogP) is 2.16. The molecular weight excluding hydrogens is 156 g/mol. The van der Waals surface area contributed by atoms with Crippen LogP contribution in [0.25, 0.3) is 0 Å². The van der Waals surface area contributed by atoms with Gasteiger partial charge < -0.3 is 0 Å². The number of rotatable bonds is 2. The molecular formula is C8H8N2S. The second-order valence-electron chi connectivity index (χ2n) is 2.85. The van der Waals surface area contributed by atoms with Crippen molar-refractivity contribution in [3.8, 4) is 6.07 Å². The van der Waals surface area contributed by atoms with Crippen LogP contribution in [0, 0.1) is 17.2 Å². The molecule has 2 rings (SSSR count). The van der Waals surface area contributed by atoms with Gasteiger partial charge in [0.05, 0.1) is 17.5 Å². The molecule has 1 aromatic rings. The number of nitriles is 1. The number of nitrogens with zero attached hydrogens (tertiary/aromatic N) is 2. The van der Waals surface area contributed by atoms with E-state index in [-0.39, 0.29) is 5.92 Å². The van der Waals surface area contributed by atoms with Crippen LogP contribution in [-0.2, 0) is 0 Å². The zero-order valence-electron chi connectivity index (χ0n) is 6.03. The van der Waals surface area contributed by atoms with Crippen molar-refractivity contribution in [2.24, 2.45) is 5.92 Å². The van der Waals surface area contributed by atoms with Gasteiger partial charge in [0.25, 0.3) is 0 Å². The molecule has 11 heavy (non-hydrogen) atoms. The summed E-state index contributed by atoms with van der Waals surface area (Å²) in [6, 6.07) is 2.34. The van der Waals surface area contributed by atoms with Gasteiger partial charge in [-0.1, -0.05) is 0 Å². The summed E-state index contributed by atoms with van der Waals surface area (Å²) in [5, 5.41) is 8.84. The third kappa shape index (κ3) is 1.26. The van der Waals surface area contributed by atoms with Crippen LogP contribution < -0.4 is 0 Å². The van der Waals surface area contributed by atoms with Crippen LogP contribution in [0.2, 0.25) is 0 Å². The van der Waals surface area contributed by atoms with Gasteiger partial charge in [0.15, 0.2) is 0 Å². The van der Waals surface area contributed by atoms with Crippen molar-refractivity contribution < 1.29 is 0 Å². The zero-order valence-corrected chi connectivity index (χ0v) is 6.84. The lowest BCUT2D eigenvalue weighted by Gasteiger charge is -2.00. The van der Waals surface area contributed by atoms with Crippen molar-refractivity contribution >= 4 is 11.3 Å². The van der Waals surface area contributed by atoms with Gasteiger partial charge in [0, 0.05) is 11.1 Å². The molecule has 2 nitrogen and oxygen atoms in total. The van der Waals surface area contributed by atoms with Gasteiger partial charge >= 0.3 is 0 Å². The monoisotopic (exact) mass is 164 g/mol. The maximum absolute atomic E-state index is 8.84. The highest BCUT2D eigenvalue weighted by molar-refractivity contribution is 7.09. The maximum atomic E-state index is 8.84. The van der Waals surface area contributed by atoms with Gasteiger partial charge in [-0.15, -0.1) is 11.3 Å². The van der Waals surface area contributed by atoms with E-state index in [0.717, 1.165) is 4.88 Å². The average Bonchev–Trinajstić information content (AvgIpc) is 2.68. The second kappa shape index (κ2) is 2.63. The van der Waals surface area contributed by atoms with Crippen molar-refractivity contribution in [2.45, 2.75) is 18.8 Å². The smallest absolute Gasteiger partial charge is 0.0850 e. The minimum absolute atomic E-state index is 0.127. The second-order valence-corrected chi connectivity index (χ2v) is 3.77. The first kappa shape index (κ1) is 6.81. The average molecular weight is 164 g/mol. The lowest BCUT2D eigenvalue weighted by molar-refractivity contribution is 0.751. The lowest BCUT2D eigenvalue weighted by Crippen LogP contribution is -1.93. The zero-order chi connectivity index (χ0) is 7.68. The van der Waals surface area contributed by atoms with E-state index < -0.39 is 0 Å². The molecule has 1 heterocycles. The molecule has 1 aliphatic carbocycles. The minimum Gasteiger partial charge on any atom is -0.253 e. The Morgan fingerprint density at radius 1 is 1.73 bits per heavy atom. The topological polar surface area (TPSA) is 36.7 Å². The van der Waals surface area contributed by atoms with Crippen LogP contribution in [0.3, 0.4) is 0 Å². The Kier molecular flexibility index (Phi) is 1.63. The molecule has 56 valence electrons. The Hall–Kier alpha value is -0.880. The molecule has 0 aromatic carbocycles. The Bertz CT molecular complexity index is 269. The van der Waals surface area contributed by atoms with Gasteiger partial charge in [0.1, 0.15) is 0 Å². The Labute approximate surface area is 69.5 Å². The maximum Gasteiger partial charge on any atom is 0.0850 e. The van der Waals surface area contributed by atoms with Crippen molar-refractivity contribution in [1.29, 1.82) is 5.26 Å². The first-order valence-corrected chi connectivity index (χ1v) is 4.58. The molecule has 0 saturated heterocycles. The molecule has 0 N–H and O–H groups in total. The highest BCUT2D eigenvalue weighted by Gasteiger charge is 2.33. The fraction of sp³-hybridized carbons (Fsp3) is 0.500. The fourth-order valence-electron chi connectivity index (χ4n) is 1.21. The molecule has 1 fully saturated rings. The summed E-state index contributed by atoms with van der Waals surface area (Å²) in [5.41, 5.74) is 1.79. The molecule has 1 saturated carbocycles. The number of hydrogen-bond donors (Lipinski definition) is 0. The summed E-state index contributed by atoms with van der Waals surface area (Å²) in [6.07, 6.45) is 4.25. The molecule has 1 aromatic heterocycles. The summed E-state index contributed by atoms with van der Waals surface area (Å²) in [6.45, 7) is 0. The number of hydrogen-bond acceptors (Lipinski definition) is 3. The van der Waals surface area contributed by atoms with E-state index >= 15 is 0 Å². The van der Waals surface area contributed by atoms with Crippen LogP contribution in [0.5, 0.6) is 0 Å². The van der Waals surface area contributed by atoms with E-state index in [0.29, 0.717) is 5.92 Å². The SMILES string of the molecule is N#CC(c1cncs1)C1CC1. The Balaban J connectivity index is 2.19. The Morgan fingerprint density at radius 3 is 3.00 bits per heavy atom. The van der Waals surface area contributed by atoms with Crippen molar-refractivity contribution in [2.75, 3.05) is 0 Å². The summed E-state index contributed by atoms with van der Waals surface area (Å²) in [5.74, 6) is 0.753. The van der Waals surface area contributed by atoms with Crippen molar-refractivity contribution in [3.63, 3.8) is 0 Å². The molecule has 1 unspecified atom stereocenters. The number of thiazole rings is 1. The van der Waals surface area contributed by atoms with Gasteiger partial charge in [-0.3, -0.25) is 4.98 Å². The largest absolute Gasteiger partial charge is 0.253 e. The molecule has 0 spiro atoms. The van der Waals surface area contributed by atoms with E-state index in [9.17, 15) is 0 Å². The molecule has 0 aliphatic heterocycles. The number of aromatic nitrogens is 1. The van der Waals surface area contributed by atoms with Gasteiger partial charge in [-0.25, -0.2) is 0 Å². The van der Waals surface area contributed by atoms with Gasteiger partial charge in [-0.05, 0) is 18.8 Å². The molecule has 0 amide bonds. The Morgan fingerprint density at radius 2 is 2.55 bits per heavy atom. The first-order valence-electron chi connectivity index (χ1n) is 3.70. The van der Waals surface area contributed by atoms with Gasteiger partial charge in [0.2, 0.25) is 0 Å². The van der Waals surface area contributed by atoms with Gasteiger partial charge in [-0.2, -0.15) is 5.26 Å². The molecule has 1 atom stereocenters. The molecule has 0 radical (unpaired) electrons. The van der Waals surface area contributed by atoms with Crippen LogP contribution in [-0.4, -0.2) is 4.98 Å². The van der Waals surface area contributed by atoms with E-state index in [2.05, 4.69) is 11.1 Å². The summed E-state index contributed by atoms with van der Waals surface area (Å²) in [4.78, 5) is 5.10. The normalized spacial score (nSPS) is 19.2. The highest BCUT2D eigenvalue weighted by Crippen LogP contribution is 2.42. The summed E-state index contributed by atoms with van der Waals surface area (Å²) in [7, 11) is 0. The van der Waals surface area contributed by atoms with Crippen molar-refractivity contribution in [3.05, 3.63) is 16.6 Å². The van der Waals surface area contributed by atoms with Crippen LogP contribution >= 0.6 is 11.3 Å². The standard InChI is InChI=1S/C8H8N2S/c9-3-7(6-1-2-6)8-4-10-5-11-8/h4-7H,1-2H2. The van der Waals surface area contributed by atoms with Crippen molar-refractivity contribution in [1.82, 2.24) is 4.98 Å². The van der Waals surface area contributed by atoms with Crippen LogP contribution in [0.15, 0.2) is 11.7 Å².